The molecule has 1 fully saturated rings. The van der Waals surface area contributed by atoms with Gasteiger partial charge >= 0.3 is 6.03 Å². The molecule has 0 aliphatic carbocycles. The molecular weight excluding hydrogens is 481 g/mol. The van der Waals surface area contributed by atoms with Crippen LogP contribution in [0.3, 0.4) is 0 Å². The number of rotatable bonds is 4. The first-order chi connectivity index (χ1) is 16.4. The summed E-state index contributed by atoms with van der Waals surface area (Å²) in [5.74, 6) is -1.15. The predicted molar refractivity (Wildman–Crippen MR) is 127 cm³/mol. The van der Waals surface area contributed by atoms with E-state index in [2.05, 4.69) is 9.98 Å². The van der Waals surface area contributed by atoms with Crippen LogP contribution in [0.15, 0.2) is 53.8 Å². The van der Waals surface area contributed by atoms with Gasteiger partial charge in [-0.1, -0.05) is 47.6 Å². The van der Waals surface area contributed by atoms with Gasteiger partial charge in [0.15, 0.2) is 11.6 Å². The molecule has 3 heterocycles. The van der Waals surface area contributed by atoms with Crippen LogP contribution < -0.4 is 9.64 Å². The average molecular weight is 496 g/mol. The lowest BCUT2D eigenvalue weighted by Crippen LogP contribution is -2.62. The molecule has 3 aromatic rings. The van der Waals surface area contributed by atoms with Crippen LogP contribution in [0.1, 0.15) is 5.56 Å². The number of halogens is 2. The van der Waals surface area contributed by atoms with Crippen LogP contribution in [-0.2, 0) is 4.79 Å². The molecule has 3 amide bonds. The van der Waals surface area contributed by atoms with Gasteiger partial charge in [-0.2, -0.15) is 5.26 Å². The maximum atomic E-state index is 14.0. The number of benzene rings is 2. The molecule has 34 heavy (non-hydrogen) atoms. The summed E-state index contributed by atoms with van der Waals surface area (Å²) in [5, 5.41) is 10.4. The lowest BCUT2D eigenvalue weighted by Gasteiger charge is -2.39. The fourth-order valence-electron chi connectivity index (χ4n) is 3.99. The van der Waals surface area contributed by atoms with Gasteiger partial charge in [-0.3, -0.25) is 19.7 Å². The Kier molecular flexibility index (Phi) is 5.59. The number of aliphatic imine (C=N–C) groups is 1. The van der Waals surface area contributed by atoms with Gasteiger partial charge in [0.2, 0.25) is 0 Å². The molecule has 2 aromatic carbocycles. The molecule has 0 radical (unpaired) electrons. The normalized spacial score (nSPS) is 19.8. The molecule has 11 heteroatoms. The minimum atomic E-state index is -0.911. The van der Waals surface area contributed by atoms with Crippen molar-refractivity contribution >= 4 is 56.8 Å². The first kappa shape index (κ1) is 22.1. The number of pyridine rings is 1. The minimum Gasteiger partial charge on any atom is -0.494 e. The SMILES string of the molecule is COc1cc(C2=NC3C(S2)C(=O)N(c2cncc4ccccc24)C(=O)N3CC#N)c(Cl)cc1F. The zero-order chi connectivity index (χ0) is 24.0. The second kappa shape index (κ2) is 8.59. The molecule has 170 valence electrons. The Bertz CT molecular complexity index is 1420. The molecule has 2 aliphatic rings. The average Bonchev–Trinajstić information content (AvgIpc) is 3.27. The second-order valence-electron chi connectivity index (χ2n) is 7.47. The van der Waals surface area contributed by atoms with Crippen LogP contribution in [0.4, 0.5) is 14.9 Å². The molecule has 1 aromatic heterocycles. The summed E-state index contributed by atoms with van der Waals surface area (Å²) in [6.07, 6.45) is 2.18. The molecule has 0 N–H and O–H groups in total. The van der Waals surface area contributed by atoms with Gasteiger partial charge in [0.25, 0.3) is 5.91 Å². The Morgan fingerprint density at radius 2 is 2.06 bits per heavy atom. The molecule has 0 spiro atoms. The van der Waals surface area contributed by atoms with Crippen molar-refractivity contribution in [2.75, 3.05) is 18.6 Å². The highest BCUT2D eigenvalue weighted by atomic mass is 35.5. The molecule has 1 saturated heterocycles. The van der Waals surface area contributed by atoms with E-state index in [4.69, 9.17) is 16.3 Å². The van der Waals surface area contributed by atoms with E-state index in [1.165, 1.54) is 24.3 Å². The van der Waals surface area contributed by atoms with Gasteiger partial charge in [-0.25, -0.2) is 14.1 Å². The maximum Gasteiger partial charge on any atom is 0.334 e. The molecular formula is C23H15ClFN5O3S. The number of nitriles is 1. The Morgan fingerprint density at radius 1 is 1.26 bits per heavy atom. The predicted octanol–water partition coefficient (Wildman–Crippen LogP) is 4.22. The largest absolute Gasteiger partial charge is 0.494 e. The van der Waals surface area contributed by atoms with Gasteiger partial charge in [-0.05, 0) is 12.1 Å². The van der Waals surface area contributed by atoms with Crippen LogP contribution in [-0.4, -0.2) is 51.9 Å². The van der Waals surface area contributed by atoms with Gasteiger partial charge in [0.1, 0.15) is 23.0 Å². The Morgan fingerprint density at radius 3 is 2.82 bits per heavy atom. The highest BCUT2D eigenvalue weighted by Crippen LogP contribution is 2.41. The van der Waals surface area contributed by atoms with Crippen LogP contribution in [0, 0.1) is 17.1 Å². The van der Waals surface area contributed by atoms with Crippen molar-refractivity contribution in [3.8, 4) is 11.8 Å². The van der Waals surface area contributed by atoms with Gasteiger partial charge < -0.3 is 4.74 Å². The van der Waals surface area contributed by atoms with Crippen molar-refractivity contribution in [3.63, 3.8) is 0 Å². The third kappa shape index (κ3) is 3.45. The summed E-state index contributed by atoms with van der Waals surface area (Å²) in [7, 11) is 1.33. The first-order valence-corrected chi connectivity index (χ1v) is 11.3. The van der Waals surface area contributed by atoms with Crippen LogP contribution in [0.25, 0.3) is 10.8 Å². The highest BCUT2D eigenvalue weighted by molar-refractivity contribution is 8.15. The van der Waals surface area contributed by atoms with E-state index in [1.807, 2.05) is 18.2 Å². The van der Waals surface area contributed by atoms with Crippen LogP contribution in [0.2, 0.25) is 5.02 Å². The second-order valence-corrected chi connectivity index (χ2v) is 9.01. The lowest BCUT2D eigenvalue weighted by atomic mass is 10.1. The summed E-state index contributed by atoms with van der Waals surface area (Å²) in [6.45, 7) is -0.278. The fraction of sp³-hybridized carbons (Fsp3) is 0.174. The number of hydrogen-bond donors (Lipinski definition) is 0. The summed E-state index contributed by atoms with van der Waals surface area (Å²) in [5.41, 5.74) is 0.694. The number of imide groups is 1. The number of amides is 3. The molecule has 0 saturated carbocycles. The number of aromatic nitrogens is 1. The standard InChI is InChI=1S/C23H15ClFN5O3S/c1-33-18-8-14(15(24)9-16(18)25)21-28-20-19(34-21)22(31)30(23(32)29(20)7-6-26)17-11-27-10-12-4-2-3-5-13(12)17/h2-5,8-11,19-20H,7H2,1H3. The van der Waals surface area contributed by atoms with Crippen molar-refractivity contribution in [2.45, 2.75) is 11.4 Å². The van der Waals surface area contributed by atoms with Crippen LogP contribution in [0.5, 0.6) is 5.75 Å². The number of ether oxygens (including phenoxy) is 1. The number of hydrogen-bond acceptors (Lipinski definition) is 7. The van der Waals surface area contributed by atoms with Crippen molar-refractivity contribution in [2.24, 2.45) is 4.99 Å². The summed E-state index contributed by atoms with van der Waals surface area (Å²) in [4.78, 5) is 38.1. The van der Waals surface area contributed by atoms with E-state index in [0.29, 0.717) is 21.7 Å². The van der Waals surface area contributed by atoms with E-state index in [1.54, 1.807) is 18.3 Å². The topological polar surface area (TPSA) is 98.9 Å². The number of carbonyl (C=O) groups is 2. The number of methoxy groups -OCH3 is 1. The quantitative estimate of drug-likeness (QED) is 0.503. The summed E-state index contributed by atoms with van der Waals surface area (Å²) in [6, 6.07) is 11.1. The number of fused-ring (bicyclic) bond motifs is 2. The molecule has 8 nitrogen and oxygen atoms in total. The summed E-state index contributed by atoms with van der Waals surface area (Å²) < 4.78 is 19.1. The van der Waals surface area contributed by atoms with Gasteiger partial charge in [0, 0.05) is 22.5 Å². The number of anilines is 1. The van der Waals surface area contributed by atoms with Crippen molar-refractivity contribution in [3.05, 3.63) is 65.2 Å². The van der Waals surface area contributed by atoms with Gasteiger partial charge in [-0.15, -0.1) is 0 Å². The zero-order valence-electron chi connectivity index (χ0n) is 17.6. The van der Waals surface area contributed by atoms with E-state index >= 15 is 0 Å². The van der Waals surface area contributed by atoms with Crippen molar-refractivity contribution < 1.29 is 18.7 Å². The Hall–Kier alpha value is -3.68. The van der Waals surface area contributed by atoms with Gasteiger partial charge in [0.05, 0.1) is 30.1 Å². The van der Waals surface area contributed by atoms with Crippen molar-refractivity contribution in [1.82, 2.24) is 9.88 Å². The molecule has 2 unspecified atom stereocenters. The number of thioether (sulfide) groups is 1. The van der Waals surface area contributed by atoms with E-state index in [0.717, 1.165) is 28.1 Å². The number of urea groups is 1. The molecule has 0 bridgehead atoms. The number of nitrogens with zero attached hydrogens (tertiary/aromatic N) is 5. The molecule has 2 aliphatic heterocycles. The Balaban J connectivity index is 1.59. The van der Waals surface area contributed by atoms with E-state index < -0.39 is 29.2 Å². The first-order valence-electron chi connectivity index (χ1n) is 10.1. The highest BCUT2D eigenvalue weighted by Gasteiger charge is 2.51. The zero-order valence-corrected chi connectivity index (χ0v) is 19.2. The Labute approximate surface area is 202 Å². The third-order valence-corrected chi connectivity index (χ3v) is 7.14. The maximum absolute atomic E-state index is 14.0. The fourth-order valence-corrected chi connectivity index (χ4v) is 5.53. The lowest BCUT2D eigenvalue weighted by molar-refractivity contribution is -0.119. The van der Waals surface area contributed by atoms with E-state index in [9.17, 15) is 19.2 Å². The van der Waals surface area contributed by atoms with Crippen molar-refractivity contribution in [1.29, 1.82) is 5.26 Å². The molecule has 5 rings (SSSR count). The van der Waals surface area contributed by atoms with Crippen LogP contribution >= 0.6 is 23.4 Å². The molecule has 2 atom stereocenters. The smallest absolute Gasteiger partial charge is 0.334 e. The number of carbonyl (C=O) groups excluding carboxylic acids is 2. The third-order valence-electron chi connectivity index (χ3n) is 5.58. The van der Waals surface area contributed by atoms with E-state index in [-0.39, 0.29) is 17.3 Å². The minimum absolute atomic E-state index is 0.0303. The summed E-state index contributed by atoms with van der Waals surface area (Å²) >= 11 is 7.37. The monoisotopic (exact) mass is 495 g/mol.